The summed E-state index contributed by atoms with van der Waals surface area (Å²) >= 11 is 7.23. The molecule has 0 bridgehead atoms. The monoisotopic (exact) mass is 380 g/mol. The van der Waals surface area contributed by atoms with Crippen molar-refractivity contribution in [3.63, 3.8) is 0 Å². The fourth-order valence-electron chi connectivity index (χ4n) is 2.67. The van der Waals surface area contributed by atoms with E-state index in [-0.39, 0.29) is 12.0 Å². The van der Waals surface area contributed by atoms with Gasteiger partial charge in [-0.05, 0) is 12.5 Å². The second-order valence-electron chi connectivity index (χ2n) is 5.59. The van der Waals surface area contributed by atoms with Crippen molar-refractivity contribution < 1.29 is 5.03 Å². The Kier molecular flexibility index (Phi) is 5.47. The highest BCUT2D eigenvalue weighted by Gasteiger charge is 2.28. The first kappa shape index (κ1) is 17.6. The minimum absolute atomic E-state index is 0.151. The molecule has 1 fully saturated rings. The number of benzene rings is 1. The number of guanidine groups is 1. The molecular weight excluding hydrogens is 364 g/mol. The Morgan fingerprint density at radius 1 is 1.48 bits per heavy atom. The van der Waals surface area contributed by atoms with E-state index in [1.807, 2.05) is 23.1 Å². The maximum atomic E-state index is 10.8. The van der Waals surface area contributed by atoms with E-state index in [9.17, 15) is 10.1 Å². The normalized spacial score (nSPS) is 18.2. The van der Waals surface area contributed by atoms with Gasteiger partial charge >= 0.3 is 0 Å². The summed E-state index contributed by atoms with van der Waals surface area (Å²) in [7, 11) is 0. The van der Waals surface area contributed by atoms with E-state index in [0.29, 0.717) is 24.3 Å². The van der Waals surface area contributed by atoms with Gasteiger partial charge in [0.25, 0.3) is 5.96 Å². The molecule has 1 aliphatic heterocycles. The molecule has 2 heterocycles. The number of rotatable bonds is 5. The predicted octanol–water partition coefficient (Wildman–Crippen LogP) is 2.73. The van der Waals surface area contributed by atoms with E-state index in [2.05, 4.69) is 39.4 Å². The summed E-state index contributed by atoms with van der Waals surface area (Å²) in [6.07, 6.45) is 1.68. The number of nitrogens with zero attached hydrogens (tertiary/aromatic N) is 5. The molecule has 1 aromatic heterocycles. The van der Waals surface area contributed by atoms with Crippen LogP contribution in [0.1, 0.15) is 23.4 Å². The minimum Gasteiger partial charge on any atom is -0.338 e. The molecule has 0 radical (unpaired) electrons. The zero-order chi connectivity index (χ0) is 17.8. The lowest BCUT2D eigenvalue weighted by molar-refractivity contribution is -0.486. The van der Waals surface area contributed by atoms with Crippen molar-refractivity contribution in [1.82, 2.24) is 20.1 Å². The van der Waals surface area contributed by atoms with Crippen LogP contribution in [0.2, 0.25) is 4.47 Å². The number of nitrogens with one attached hydrogen (secondary N) is 1. The van der Waals surface area contributed by atoms with Gasteiger partial charge in [0.1, 0.15) is 5.10 Å². The third-order valence-corrected chi connectivity index (χ3v) is 5.07. The highest BCUT2D eigenvalue weighted by Crippen LogP contribution is 2.24. The molecule has 0 aliphatic carbocycles. The third kappa shape index (κ3) is 4.44. The summed E-state index contributed by atoms with van der Waals surface area (Å²) in [4.78, 5) is 19.7. The van der Waals surface area contributed by atoms with E-state index >= 15 is 0 Å². The van der Waals surface area contributed by atoms with Gasteiger partial charge in [0.2, 0.25) is 0 Å². The first-order valence-electron chi connectivity index (χ1n) is 7.64. The summed E-state index contributed by atoms with van der Waals surface area (Å²) in [6, 6.07) is 10.3. The summed E-state index contributed by atoms with van der Waals surface area (Å²) in [5.74, 6) is 0.242. The first-order chi connectivity index (χ1) is 12.0. The fourth-order valence-corrected chi connectivity index (χ4v) is 3.66. The lowest BCUT2D eigenvalue weighted by Crippen LogP contribution is -2.57. The van der Waals surface area contributed by atoms with E-state index in [0.717, 1.165) is 4.88 Å². The highest BCUT2D eigenvalue weighted by atomic mass is 35.5. The van der Waals surface area contributed by atoms with Crippen LogP contribution in [-0.2, 0) is 6.54 Å². The summed E-state index contributed by atoms with van der Waals surface area (Å²) in [5, 5.41) is 16.6. The second-order valence-corrected chi connectivity index (χ2v) is 7.29. The van der Waals surface area contributed by atoms with Crippen molar-refractivity contribution in [3.8, 4) is 0 Å². The van der Waals surface area contributed by atoms with Crippen molar-refractivity contribution >= 4 is 28.9 Å². The molecule has 1 unspecified atom stereocenters. The van der Waals surface area contributed by atoms with Gasteiger partial charge in [0.15, 0.2) is 9.50 Å². The third-order valence-electron chi connectivity index (χ3n) is 3.97. The Bertz CT molecular complexity index is 768. The number of nitro groups is 1. The largest absolute Gasteiger partial charge is 0.338 e. The van der Waals surface area contributed by atoms with Crippen molar-refractivity contribution in [3.05, 3.63) is 61.6 Å². The number of hydrogen-bond acceptors (Lipinski definition) is 5. The Morgan fingerprint density at radius 2 is 2.24 bits per heavy atom. The van der Waals surface area contributed by atoms with Crippen LogP contribution in [0.25, 0.3) is 0 Å². The van der Waals surface area contributed by atoms with Crippen LogP contribution in [-0.4, -0.2) is 39.1 Å². The molecule has 0 spiro atoms. The van der Waals surface area contributed by atoms with Gasteiger partial charge < -0.3 is 10.2 Å². The molecule has 1 N–H and O–H groups in total. The van der Waals surface area contributed by atoms with E-state index in [1.54, 1.807) is 6.20 Å². The molecule has 10 heteroatoms. The van der Waals surface area contributed by atoms with Gasteiger partial charge in [-0.2, -0.15) is 0 Å². The Balaban J connectivity index is 1.78. The molecule has 0 amide bonds. The van der Waals surface area contributed by atoms with Crippen LogP contribution in [0.4, 0.5) is 0 Å². The van der Waals surface area contributed by atoms with Crippen LogP contribution in [0.5, 0.6) is 0 Å². The molecular formula is C15H17ClN6O2S. The van der Waals surface area contributed by atoms with Crippen LogP contribution >= 0.6 is 22.9 Å². The zero-order valence-electron chi connectivity index (χ0n) is 13.5. The van der Waals surface area contributed by atoms with Crippen molar-refractivity contribution in [2.75, 3.05) is 13.3 Å². The molecule has 1 aromatic carbocycles. The summed E-state index contributed by atoms with van der Waals surface area (Å²) in [5.41, 5.74) is 1.18. The second kappa shape index (κ2) is 7.77. The number of hydrogen-bond donors (Lipinski definition) is 1. The standard InChI is InChI=1S/C15H17ClN6O2S/c1-11(12-5-3-2-4-6-12)21-9-18-15(19-22(23)24)20(10-21)8-13-7-17-14(16)25-13/h2-7,11H,8-10H2,1H3,(H,18,19). The van der Waals surface area contributed by atoms with Gasteiger partial charge in [0, 0.05) is 17.1 Å². The SMILES string of the molecule is CC(c1ccccc1)N1CN/C(=N\[N+](=O)[O-])N(Cc2cnc(Cl)s2)C1. The molecule has 2 aromatic rings. The topological polar surface area (TPSA) is 86.9 Å². The van der Waals surface area contributed by atoms with Crippen LogP contribution in [0, 0.1) is 10.1 Å². The van der Waals surface area contributed by atoms with E-state index < -0.39 is 5.03 Å². The summed E-state index contributed by atoms with van der Waals surface area (Å²) < 4.78 is 0.447. The Morgan fingerprint density at radius 3 is 2.88 bits per heavy atom. The summed E-state index contributed by atoms with van der Waals surface area (Å²) in [6.45, 7) is 3.53. The fraction of sp³-hybridized carbons (Fsp3) is 0.333. The Labute approximate surface area is 153 Å². The average molecular weight is 381 g/mol. The van der Waals surface area contributed by atoms with E-state index in [1.165, 1.54) is 16.9 Å². The van der Waals surface area contributed by atoms with Gasteiger partial charge in [-0.15, -0.1) is 11.3 Å². The maximum Gasteiger partial charge on any atom is 0.273 e. The Hall–Kier alpha value is -2.23. The lowest BCUT2D eigenvalue weighted by atomic mass is 10.1. The predicted molar refractivity (Wildman–Crippen MR) is 96.7 cm³/mol. The lowest BCUT2D eigenvalue weighted by Gasteiger charge is -2.40. The van der Waals surface area contributed by atoms with Gasteiger partial charge in [-0.1, -0.05) is 41.9 Å². The average Bonchev–Trinajstić information content (AvgIpc) is 3.01. The number of hydrazone groups is 1. The zero-order valence-corrected chi connectivity index (χ0v) is 15.1. The quantitative estimate of drug-likeness (QED) is 0.634. The molecule has 25 heavy (non-hydrogen) atoms. The highest BCUT2D eigenvalue weighted by molar-refractivity contribution is 7.15. The molecule has 3 rings (SSSR count). The molecule has 1 atom stereocenters. The van der Waals surface area contributed by atoms with Gasteiger partial charge in [-0.25, -0.2) is 15.1 Å². The molecule has 1 aliphatic rings. The van der Waals surface area contributed by atoms with E-state index in [4.69, 9.17) is 11.6 Å². The van der Waals surface area contributed by atoms with Crippen LogP contribution in [0.3, 0.4) is 0 Å². The van der Waals surface area contributed by atoms with Crippen molar-refractivity contribution in [2.24, 2.45) is 5.10 Å². The molecule has 1 saturated heterocycles. The smallest absolute Gasteiger partial charge is 0.273 e. The number of halogens is 1. The molecule has 132 valence electrons. The van der Waals surface area contributed by atoms with Gasteiger partial charge in [0.05, 0.1) is 19.9 Å². The minimum atomic E-state index is -0.689. The first-order valence-corrected chi connectivity index (χ1v) is 8.83. The maximum absolute atomic E-state index is 10.8. The molecule has 0 saturated carbocycles. The number of thiazole rings is 1. The van der Waals surface area contributed by atoms with Crippen molar-refractivity contribution in [1.29, 1.82) is 0 Å². The van der Waals surface area contributed by atoms with Crippen LogP contribution in [0.15, 0.2) is 41.6 Å². The van der Waals surface area contributed by atoms with Gasteiger partial charge in [-0.3, -0.25) is 4.90 Å². The van der Waals surface area contributed by atoms with Crippen molar-refractivity contribution in [2.45, 2.75) is 19.5 Å². The molecule has 8 nitrogen and oxygen atoms in total. The number of aromatic nitrogens is 1. The van der Waals surface area contributed by atoms with Crippen LogP contribution < -0.4 is 5.32 Å².